The second-order valence-corrected chi connectivity index (χ2v) is 5.47. The van der Waals surface area contributed by atoms with Crippen LogP contribution in [-0.2, 0) is 20.7 Å². The third-order valence-electron chi connectivity index (χ3n) is 4.02. The van der Waals surface area contributed by atoms with E-state index < -0.39 is 17.9 Å². The molecule has 0 aromatic heterocycles. The third-order valence-corrected chi connectivity index (χ3v) is 4.02. The van der Waals surface area contributed by atoms with Crippen molar-refractivity contribution in [1.82, 2.24) is 0 Å². The first kappa shape index (κ1) is 14.3. The number of ether oxygens (including phenoxy) is 1. The predicted octanol–water partition coefficient (Wildman–Crippen LogP) is 2.46. The Labute approximate surface area is 128 Å². The Balaban J connectivity index is 2.23. The van der Waals surface area contributed by atoms with Gasteiger partial charge in [-0.15, -0.1) is 0 Å². The van der Waals surface area contributed by atoms with Gasteiger partial charge in [0.1, 0.15) is 6.10 Å². The topological polar surface area (TPSA) is 69.4 Å². The van der Waals surface area contributed by atoms with Crippen LogP contribution in [0.15, 0.2) is 48.5 Å². The van der Waals surface area contributed by atoms with Gasteiger partial charge in [0.15, 0.2) is 0 Å². The summed E-state index contributed by atoms with van der Waals surface area (Å²) in [6.45, 7) is 1.39. The fourth-order valence-corrected chi connectivity index (χ4v) is 3.16. The molecule has 0 heterocycles. The smallest absolute Gasteiger partial charge is 0.303 e. The number of esters is 1. The van der Waals surface area contributed by atoms with Gasteiger partial charge in [-0.3, -0.25) is 9.59 Å². The first-order valence-electron chi connectivity index (χ1n) is 7.21. The molecule has 1 amide bonds. The minimum Gasteiger partial charge on any atom is -0.457 e. The zero-order valence-electron chi connectivity index (χ0n) is 12.3. The maximum absolute atomic E-state index is 12.1. The number of benzene rings is 2. The molecule has 112 valence electrons. The Morgan fingerprint density at radius 1 is 1.00 bits per heavy atom. The van der Waals surface area contributed by atoms with Gasteiger partial charge >= 0.3 is 5.97 Å². The van der Waals surface area contributed by atoms with E-state index in [4.69, 9.17) is 10.5 Å². The average molecular weight is 295 g/mol. The molecule has 0 bridgehead atoms. The largest absolute Gasteiger partial charge is 0.457 e. The summed E-state index contributed by atoms with van der Waals surface area (Å²) < 4.78 is 5.49. The maximum atomic E-state index is 12.1. The Bertz CT molecular complexity index is 739. The van der Waals surface area contributed by atoms with Crippen LogP contribution >= 0.6 is 0 Å². The molecule has 2 N–H and O–H groups in total. The molecule has 22 heavy (non-hydrogen) atoms. The van der Waals surface area contributed by atoms with Crippen molar-refractivity contribution in [3.63, 3.8) is 0 Å². The van der Waals surface area contributed by atoms with Gasteiger partial charge < -0.3 is 10.5 Å². The summed E-state index contributed by atoms with van der Waals surface area (Å²) in [4.78, 5) is 23.5. The first-order valence-corrected chi connectivity index (χ1v) is 7.21. The van der Waals surface area contributed by atoms with E-state index in [2.05, 4.69) is 0 Å². The molecular weight excluding hydrogens is 278 g/mol. The number of carbonyl (C=O) groups excluding carboxylic acids is 2. The van der Waals surface area contributed by atoms with Crippen molar-refractivity contribution in [2.75, 3.05) is 0 Å². The Kier molecular flexibility index (Phi) is 3.67. The van der Waals surface area contributed by atoms with Crippen LogP contribution in [0.3, 0.4) is 0 Å². The molecule has 0 fully saturated rings. The molecule has 4 heteroatoms. The first-order chi connectivity index (χ1) is 10.6. The van der Waals surface area contributed by atoms with Gasteiger partial charge in [-0.05, 0) is 22.3 Å². The lowest BCUT2D eigenvalue weighted by Crippen LogP contribution is -2.23. The highest BCUT2D eigenvalue weighted by atomic mass is 16.5. The molecule has 0 radical (unpaired) electrons. The molecule has 2 atom stereocenters. The molecule has 3 rings (SSSR count). The highest BCUT2D eigenvalue weighted by molar-refractivity contribution is 5.87. The number of primary amides is 1. The van der Waals surface area contributed by atoms with Crippen molar-refractivity contribution >= 4 is 11.9 Å². The zero-order chi connectivity index (χ0) is 15.7. The SMILES string of the molecule is CC(=O)O[C@H]1Cc2ccccc2C(C(N)=O)c2ccccc21. The van der Waals surface area contributed by atoms with Gasteiger partial charge in [0, 0.05) is 13.3 Å². The molecular formula is C18H17NO3. The van der Waals surface area contributed by atoms with Crippen molar-refractivity contribution in [3.8, 4) is 0 Å². The van der Waals surface area contributed by atoms with Crippen LogP contribution in [0.4, 0.5) is 0 Å². The number of fused-ring (bicyclic) bond motifs is 2. The molecule has 2 aromatic rings. The quantitative estimate of drug-likeness (QED) is 0.865. The van der Waals surface area contributed by atoms with Gasteiger partial charge in [-0.25, -0.2) is 0 Å². The van der Waals surface area contributed by atoms with Crippen LogP contribution in [0.2, 0.25) is 0 Å². The van der Waals surface area contributed by atoms with E-state index in [-0.39, 0.29) is 5.97 Å². The molecule has 0 spiro atoms. The van der Waals surface area contributed by atoms with Crippen molar-refractivity contribution in [3.05, 3.63) is 70.8 Å². The van der Waals surface area contributed by atoms with E-state index >= 15 is 0 Å². The highest BCUT2D eigenvalue weighted by Crippen LogP contribution is 2.39. The lowest BCUT2D eigenvalue weighted by molar-refractivity contribution is -0.146. The zero-order valence-corrected chi connectivity index (χ0v) is 12.3. The standard InChI is InChI=1S/C18H17NO3/c1-11(20)22-16-10-12-6-2-3-7-13(12)17(18(19)21)15-9-5-4-8-14(15)16/h2-9,16-17H,10H2,1H3,(H2,19,21)/t16-,17?/m0/s1. The minimum atomic E-state index is -0.520. The molecule has 1 aliphatic carbocycles. The normalized spacial score (nSPS) is 19.5. The van der Waals surface area contributed by atoms with Crippen LogP contribution in [0, 0.1) is 0 Å². The predicted molar refractivity (Wildman–Crippen MR) is 82.1 cm³/mol. The van der Waals surface area contributed by atoms with Crippen molar-refractivity contribution in [2.45, 2.75) is 25.4 Å². The van der Waals surface area contributed by atoms with E-state index in [1.807, 2.05) is 48.5 Å². The molecule has 0 saturated heterocycles. The lowest BCUT2D eigenvalue weighted by Gasteiger charge is -2.19. The Hall–Kier alpha value is -2.62. The average Bonchev–Trinajstić information content (AvgIpc) is 2.61. The van der Waals surface area contributed by atoms with Gasteiger partial charge in [0.2, 0.25) is 5.91 Å². The molecule has 2 aromatic carbocycles. The van der Waals surface area contributed by atoms with Gasteiger partial charge in [-0.1, -0.05) is 48.5 Å². The Morgan fingerprint density at radius 2 is 1.59 bits per heavy atom. The van der Waals surface area contributed by atoms with Crippen LogP contribution in [-0.4, -0.2) is 11.9 Å². The Morgan fingerprint density at radius 3 is 2.23 bits per heavy atom. The molecule has 4 nitrogen and oxygen atoms in total. The summed E-state index contributed by atoms with van der Waals surface area (Å²) >= 11 is 0. The maximum Gasteiger partial charge on any atom is 0.303 e. The number of hydrogen-bond donors (Lipinski definition) is 1. The highest BCUT2D eigenvalue weighted by Gasteiger charge is 2.32. The van der Waals surface area contributed by atoms with E-state index in [0.717, 1.165) is 22.3 Å². The van der Waals surface area contributed by atoms with E-state index in [1.54, 1.807) is 0 Å². The number of amides is 1. The number of nitrogens with two attached hydrogens (primary N) is 1. The summed E-state index contributed by atoms with van der Waals surface area (Å²) in [6.07, 6.45) is 0.135. The van der Waals surface area contributed by atoms with Crippen LogP contribution in [0.25, 0.3) is 0 Å². The second-order valence-electron chi connectivity index (χ2n) is 5.47. The van der Waals surface area contributed by atoms with E-state index in [1.165, 1.54) is 6.92 Å². The second kappa shape index (κ2) is 5.64. The van der Waals surface area contributed by atoms with Gasteiger partial charge in [0.05, 0.1) is 5.92 Å². The summed E-state index contributed by atoms with van der Waals surface area (Å²) in [5.41, 5.74) is 9.19. The fourth-order valence-electron chi connectivity index (χ4n) is 3.16. The fraction of sp³-hybridized carbons (Fsp3) is 0.222. The van der Waals surface area contributed by atoms with Crippen molar-refractivity contribution in [2.24, 2.45) is 5.73 Å². The molecule has 0 saturated carbocycles. The minimum absolute atomic E-state index is 0.338. The van der Waals surface area contributed by atoms with Crippen molar-refractivity contribution in [1.29, 1.82) is 0 Å². The summed E-state index contributed by atoms with van der Waals surface area (Å²) in [6, 6.07) is 15.2. The van der Waals surface area contributed by atoms with Gasteiger partial charge in [0.25, 0.3) is 0 Å². The van der Waals surface area contributed by atoms with E-state index in [9.17, 15) is 9.59 Å². The molecule has 1 aliphatic rings. The third kappa shape index (κ3) is 2.48. The molecule has 0 aliphatic heterocycles. The van der Waals surface area contributed by atoms with E-state index in [0.29, 0.717) is 6.42 Å². The number of carbonyl (C=O) groups is 2. The number of hydrogen-bond acceptors (Lipinski definition) is 3. The van der Waals surface area contributed by atoms with Gasteiger partial charge in [-0.2, -0.15) is 0 Å². The number of rotatable bonds is 2. The molecule has 1 unspecified atom stereocenters. The van der Waals surface area contributed by atoms with Crippen LogP contribution < -0.4 is 5.73 Å². The summed E-state index contributed by atoms with van der Waals surface area (Å²) in [5, 5.41) is 0. The van der Waals surface area contributed by atoms with Crippen LogP contribution in [0.1, 0.15) is 41.2 Å². The summed E-state index contributed by atoms with van der Waals surface area (Å²) in [7, 11) is 0. The van der Waals surface area contributed by atoms with Crippen molar-refractivity contribution < 1.29 is 14.3 Å². The summed E-state index contributed by atoms with van der Waals surface area (Å²) in [5.74, 6) is -1.26. The lowest BCUT2D eigenvalue weighted by atomic mass is 9.87. The van der Waals surface area contributed by atoms with Crippen LogP contribution in [0.5, 0.6) is 0 Å². The monoisotopic (exact) mass is 295 g/mol.